The third kappa shape index (κ3) is 3.03. The van der Waals surface area contributed by atoms with Crippen molar-refractivity contribution in [3.8, 4) is 33.4 Å². The zero-order chi connectivity index (χ0) is 30.0. The van der Waals surface area contributed by atoms with Crippen molar-refractivity contribution in [1.29, 1.82) is 0 Å². The Kier molecular flexibility index (Phi) is 5.17. The number of hydrogen-bond donors (Lipinski definition) is 0. The number of hydrogen-bond acceptors (Lipinski definition) is 2. The summed E-state index contributed by atoms with van der Waals surface area (Å²) in [4.78, 5) is 0.799. The van der Waals surface area contributed by atoms with Gasteiger partial charge in [0.2, 0.25) is 9.84 Å². The van der Waals surface area contributed by atoms with E-state index in [0.717, 1.165) is 71.2 Å². The van der Waals surface area contributed by atoms with Crippen molar-refractivity contribution >= 4 is 25.8 Å². The van der Waals surface area contributed by atoms with Gasteiger partial charge in [-0.15, -0.1) is 0 Å². The van der Waals surface area contributed by atoms with Gasteiger partial charge in [-0.05, 0) is 79.4 Å². The van der Waals surface area contributed by atoms with Crippen LogP contribution >= 0.6 is 15.9 Å². The smallest absolute Gasteiger partial charge is 0.207 e. The lowest BCUT2D eigenvalue weighted by molar-refractivity contribution is 0.579. The van der Waals surface area contributed by atoms with Crippen LogP contribution in [0.15, 0.2) is 142 Å². The van der Waals surface area contributed by atoms with Gasteiger partial charge in [0.15, 0.2) is 0 Å². The standard InChI is InChI=1S/C40H27BrO2S/c1-39(2)30-15-7-6-14-29(30)37-33(39)21-22-34-38(37)44(42,43)36-18-10-9-17-32(36)40(34)31-16-8-5-13-27(31)25-11-3-4-12-26(25)28-20-19-24(41)23-35(28)40/h3-23H,1-2H3. The Morgan fingerprint density at radius 1 is 0.500 bits per heavy atom. The van der Waals surface area contributed by atoms with Gasteiger partial charge < -0.3 is 0 Å². The second-order valence-electron chi connectivity index (χ2n) is 12.6. The second-order valence-corrected chi connectivity index (χ2v) is 15.3. The van der Waals surface area contributed by atoms with Crippen molar-refractivity contribution in [2.75, 3.05) is 0 Å². The minimum atomic E-state index is -3.90. The highest BCUT2D eigenvalue weighted by Gasteiger charge is 2.54. The lowest BCUT2D eigenvalue weighted by Crippen LogP contribution is -2.38. The first-order valence-electron chi connectivity index (χ1n) is 14.9. The molecule has 0 saturated carbocycles. The fourth-order valence-electron chi connectivity index (χ4n) is 8.39. The molecule has 1 unspecified atom stereocenters. The van der Waals surface area contributed by atoms with Gasteiger partial charge in [-0.2, -0.15) is 0 Å². The minimum absolute atomic E-state index is 0.334. The van der Waals surface area contributed by atoms with Crippen molar-refractivity contribution in [1.82, 2.24) is 0 Å². The highest BCUT2D eigenvalue weighted by molar-refractivity contribution is 9.10. The molecule has 4 heteroatoms. The molecule has 0 fully saturated rings. The molecule has 1 aliphatic heterocycles. The molecule has 0 N–H and O–H groups in total. The van der Waals surface area contributed by atoms with Crippen molar-refractivity contribution < 1.29 is 8.42 Å². The number of rotatable bonds is 0. The molecule has 0 radical (unpaired) electrons. The van der Waals surface area contributed by atoms with Crippen LogP contribution in [0.25, 0.3) is 33.4 Å². The summed E-state index contributed by atoms with van der Waals surface area (Å²) in [6.45, 7) is 4.40. The molecule has 0 aromatic heterocycles. The number of benzene rings is 6. The molecular formula is C40H27BrO2S. The van der Waals surface area contributed by atoms with Crippen LogP contribution in [-0.2, 0) is 20.7 Å². The molecule has 1 atom stereocenters. The van der Waals surface area contributed by atoms with Crippen molar-refractivity contribution in [3.63, 3.8) is 0 Å². The summed E-state index contributed by atoms with van der Waals surface area (Å²) in [7, 11) is -3.90. The van der Waals surface area contributed by atoms with Gasteiger partial charge in [-0.3, -0.25) is 0 Å². The predicted octanol–water partition coefficient (Wildman–Crippen LogP) is 9.93. The van der Waals surface area contributed by atoms with E-state index in [2.05, 4.69) is 127 Å². The summed E-state index contributed by atoms with van der Waals surface area (Å²) in [5.41, 5.74) is 11.0. The van der Waals surface area contributed by atoms with Crippen LogP contribution in [0.3, 0.4) is 0 Å². The zero-order valence-electron chi connectivity index (χ0n) is 24.2. The molecule has 2 aliphatic carbocycles. The van der Waals surface area contributed by atoms with Gasteiger partial charge >= 0.3 is 0 Å². The lowest BCUT2D eigenvalue weighted by Gasteiger charge is -2.43. The van der Waals surface area contributed by atoms with E-state index in [1.165, 1.54) is 0 Å². The second kappa shape index (κ2) is 8.68. The fourth-order valence-corrected chi connectivity index (χ4v) is 10.7. The fraction of sp³-hybridized carbons (Fsp3) is 0.100. The molecule has 9 rings (SSSR count). The molecule has 1 spiro atoms. The molecular weight excluding hydrogens is 624 g/mol. The van der Waals surface area contributed by atoms with E-state index in [0.29, 0.717) is 9.79 Å². The zero-order valence-corrected chi connectivity index (χ0v) is 26.6. The van der Waals surface area contributed by atoms with Gasteiger partial charge in [-0.1, -0.05) is 139 Å². The van der Waals surface area contributed by atoms with Crippen LogP contribution in [0.5, 0.6) is 0 Å². The average molecular weight is 652 g/mol. The highest BCUT2D eigenvalue weighted by atomic mass is 79.9. The first-order chi connectivity index (χ1) is 21.3. The summed E-state index contributed by atoms with van der Waals surface area (Å²) >= 11 is 3.82. The summed E-state index contributed by atoms with van der Waals surface area (Å²) < 4.78 is 31.1. The van der Waals surface area contributed by atoms with E-state index in [4.69, 9.17) is 0 Å². The summed E-state index contributed by atoms with van der Waals surface area (Å²) in [6.07, 6.45) is 0. The third-order valence-corrected chi connectivity index (χ3v) is 12.6. The molecule has 0 bridgehead atoms. The van der Waals surface area contributed by atoms with Crippen LogP contribution in [0.4, 0.5) is 0 Å². The molecule has 6 aromatic carbocycles. The number of sulfone groups is 1. The largest absolute Gasteiger partial charge is 0.218 e. The summed E-state index contributed by atoms with van der Waals surface area (Å²) in [5.74, 6) is 0. The van der Waals surface area contributed by atoms with Crippen LogP contribution in [-0.4, -0.2) is 8.42 Å². The molecule has 3 aliphatic rings. The first kappa shape index (κ1) is 26.2. The van der Waals surface area contributed by atoms with Gasteiger partial charge in [0.05, 0.1) is 15.2 Å². The van der Waals surface area contributed by atoms with Crippen LogP contribution < -0.4 is 0 Å². The lowest BCUT2D eigenvalue weighted by atomic mass is 9.62. The maximum absolute atomic E-state index is 15.1. The molecule has 0 saturated heterocycles. The normalized spacial score (nSPS) is 19.0. The van der Waals surface area contributed by atoms with E-state index < -0.39 is 15.3 Å². The van der Waals surface area contributed by atoms with Gasteiger partial charge in [0, 0.05) is 15.5 Å². The summed E-state index contributed by atoms with van der Waals surface area (Å²) in [6, 6.07) is 43.9. The quantitative estimate of drug-likeness (QED) is 0.164. The van der Waals surface area contributed by atoms with Crippen LogP contribution in [0, 0.1) is 0 Å². The molecule has 212 valence electrons. The minimum Gasteiger partial charge on any atom is -0.218 e. The molecule has 44 heavy (non-hydrogen) atoms. The Labute approximate surface area is 266 Å². The van der Waals surface area contributed by atoms with Crippen LogP contribution in [0.1, 0.15) is 47.2 Å². The van der Waals surface area contributed by atoms with E-state index >= 15 is 8.42 Å². The van der Waals surface area contributed by atoms with E-state index in [1.54, 1.807) is 6.07 Å². The molecule has 2 nitrogen and oxygen atoms in total. The Hall–Kier alpha value is -4.25. The van der Waals surface area contributed by atoms with Gasteiger partial charge in [-0.25, -0.2) is 8.42 Å². The first-order valence-corrected chi connectivity index (χ1v) is 17.2. The van der Waals surface area contributed by atoms with Gasteiger partial charge in [0.1, 0.15) is 0 Å². The molecule has 1 heterocycles. The number of halogens is 1. The Morgan fingerprint density at radius 2 is 1.05 bits per heavy atom. The predicted molar refractivity (Wildman–Crippen MR) is 180 cm³/mol. The topological polar surface area (TPSA) is 34.1 Å². The van der Waals surface area contributed by atoms with Crippen molar-refractivity contribution in [2.45, 2.75) is 34.5 Å². The maximum Gasteiger partial charge on any atom is 0.207 e. The Bertz CT molecular complexity index is 2350. The van der Waals surface area contributed by atoms with E-state index in [9.17, 15) is 0 Å². The Morgan fingerprint density at radius 3 is 1.77 bits per heavy atom. The summed E-state index contributed by atoms with van der Waals surface area (Å²) in [5, 5.41) is 0. The monoisotopic (exact) mass is 650 g/mol. The third-order valence-electron chi connectivity index (χ3n) is 10.2. The maximum atomic E-state index is 15.1. The highest BCUT2D eigenvalue weighted by Crippen LogP contribution is 2.63. The molecule has 0 amide bonds. The van der Waals surface area contributed by atoms with Crippen LogP contribution in [0.2, 0.25) is 0 Å². The van der Waals surface area contributed by atoms with Crippen molar-refractivity contribution in [3.05, 3.63) is 165 Å². The van der Waals surface area contributed by atoms with E-state index in [1.807, 2.05) is 24.3 Å². The Balaban J connectivity index is 1.58. The van der Waals surface area contributed by atoms with Gasteiger partial charge in [0.25, 0.3) is 0 Å². The van der Waals surface area contributed by atoms with E-state index in [-0.39, 0.29) is 5.41 Å². The van der Waals surface area contributed by atoms with Crippen molar-refractivity contribution in [2.24, 2.45) is 0 Å². The average Bonchev–Trinajstić information content (AvgIpc) is 3.21. The molecule has 6 aromatic rings. The SMILES string of the molecule is CC1(C)c2ccccc2-c2c1ccc1c2S(=O)(=O)c2ccccc2C12c1ccccc1-c1ccccc1-c1ccc(Br)cc12. The number of fused-ring (bicyclic) bond motifs is 15.